The van der Waals surface area contributed by atoms with Crippen molar-refractivity contribution in [1.29, 1.82) is 0 Å². The summed E-state index contributed by atoms with van der Waals surface area (Å²) in [5, 5.41) is 7.43. The molecular formula is C21H33N5O3. The summed E-state index contributed by atoms with van der Waals surface area (Å²) < 4.78 is 1.80. The van der Waals surface area contributed by atoms with Crippen molar-refractivity contribution in [3.05, 3.63) is 17.0 Å². The highest BCUT2D eigenvalue weighted by atomic mass is 16.2. The molecule has 1 atom stereocenters. The van der Waals surface area contributed by atoms with E-state index in [2.05, 4.69) is 10.4 Å². The molecule has 0 aromatic carbocycles. The molecule has 8 heteroatoms. The Morgan fingerprint density at radius 2 is 1.86 bits per heavy atom. The number of amides is 3. The molecule has 1 aliphatic heterocycles. The van der Waals surface area contributed by atoms with Gasteiger partial charge in [-0.15, -0.1) is 0 Å². The first-order valence-electron chi connectivity index (χ1n) is 10.7. The van der Waals surface area contributed by atoms with Crippen LogP contribution in [0.25, 0.3) is 0 Å². The van der Waals surface area contributed by atoms with Gasteiger partial charge in [0.15, 0.2) is 5.69 Å². The van der Waals surface area contributed by atoms with Gasteiger partial charge in [0.25, 0.3) is 5.91 Å². The Balaban J connectivity index is 1.82. The molecule has 8 nitrogen and oxygen atoms in total. The number of carbonyl (C=O) groups is 3. The Morgan fingerprint density at radius 3 is 2.59 bits per heavy atom. The molecule has 1 aromatic rings. The molecule has 2 heterocycles. The van der Waals surface area contributed by atoms with Crippen molar-refractivity contribution in [2.45, 2.75) is 58.4 Å². The van der Waals surface area contributed by atoms with Crippen molar-refractivity contribution < 1.29 is 14.4 Å². The summed E-state index contributed by atoms with van der Waals surface area (Å²) in [6.45, 7) is 5.41. The van der Waals surface area contributed by atoms with E-state index >= 15 is 0 Å². The number of hydrogen-bond donors (Lipinski definition) is 1. The molecule has 1 aliphatic carbocycles. The van der Waals surface area contributed by atoms with Crippen LogP contribution in [-0.2, 0) is 29.5 Å². The number of fused-ring (bicyclic) bond motifs is 1. The zero-order valence-electron chi connectivity index (χ0n) is 18.0. The second kappa shape index (κ2) is 8.97. The van der Waals surface area contributed by atoms with Crippen molar-refractivity contribution in [2.75, 3.05) is 26.7 Å². The third kappa shape index (κ3) is 4.62. The summed E-state index contributed by atoms with van der Waals surface area (Å²) in [6, 6.07) is 0.0734. The molecule has 1 unspecified atom stereocenters. The fourth-order valence-electron chi connectivity index (χ4n) is 4.34. The van der Waals surface area contributed by atoms with Gasteiger partial charge in [0.05, 0.1) is 0 Å². The van der Waals surface area contributed by atoms with E-state index < -0.39 is 0 Å². The molecule has 160 valence electrons. The van der Waals surface area contributed by atoms with E-state index in [1.807, 2.05) is 37.7 Å². The molecule has 0 radical (unpaired) electrons. The van der Waals surface area contributed by atoms with Gasteiger partial charge in [-0.25, -0.2) is 0 Å². The average Bonchev–Trinajstić information content (AvgIpc) is 3.03. The number of nitrogens with one attached hydrogen (secondary N) is 1. The Morgan fingerprint density at radius 1 is 1.14 bits per heavy atom. The first-order valence-corrected chi connectivity index (χ1v) is 10.7. The van der Waals surface area contributed by atoms with Crippen LogP contribution in [0.5, 0.6) is 0 Å². The summed E-state index contributed by atoms with van der Waals surface area (Å²) in [5.74, 6) is -0.0693. The number of likely N-dealkylation sites (N-methyl/N-ethyl adjacent to an activating group) is 1. The molecule has 1 aromatic heterocycles. The van der Waals surface area contributed by atoms with Crippen molar-refractivity contribution >= 4 is 17.7 Å². The molecule has 3 amide bonds. The Hall–Kier alpha value is -2.38. The molecule has 0 fully saturated rings. The number of rotatable bonds is 1. The van der Waals surface area contributed by atoms with Gasteiger partial charge < -0.3 is 15.1 Å². The van der Waals surface area contributed by atoms with E-state index in [9.17, 15) is 14.4 Å². The Kier molecular flexibility index (Phi) is 6.59. The Labute approximate surface area is 172 Å². The summed E-state index contributed by atoms with van der Waals surface area (Å²) in [4.78, 5) is 41.7. The highest BCUT2D eigenvalue weighted by Gasteiger charge is 2.31. The smallest absolute Gasteiger partial charge is 0.272 e. The minimum absolute atomic E-state index is 0.0734. The summed E-state index contributed by atoms with van der Waals surface area (Å²) >= 11 is 0. The fraction of sp³-hybridized carbons (Fsp3) is 0.714. The molecule has 2 bridgehead atoms. The van der Waals surface area contributed by atoms with Crippen LogP contribution in [-0.4, -0.2) is 70.0 Å². The molecule has 3 rings (SSSR count). The molecule has 29 heavy (non-hydrogen) atoms. The predicted octanol–water partition coefficient (Wildman–Crippen LogP) is 1.13. The number of carbonyl (C=O) groups excluding carboxylic acids is 3. The topological polar surface area (TPSA) is 87.5 Å². The second-order valence-corrected chi connectivity index (χ2v) is 8.49. The third-order valence-electron chi connectivity index (χ3n) is 6.10. The van der Waals surface area contributed by atoms with Crippen LogP contribution in [0.2, 0.25) is 0 Å². The standard InChI is InChI=1S/C21H33N5O3/c1-14(2)21(29)26-11-5-7-18(27)24(3)15-8-9-17-16(13-15)19(23-25(17)4)20(28)22-10-6-12-26/h14-15H,5-13H2,1-4H3,(H,22,28). The second-order valence-electron chi connectivity index (χ2n) is 8.49. The number of aromatic nitrogens is 2. The van der Waals surface area contributed by atoms with Gasteiger partial charge in [-0.3, -0.25) is 19.1 Å². The van der Waals surface area contributed by atoms with Crippen LogP contribution in [0.4, 0.5) is 0 Å². The summed E-state index contributed by atoms with van der Waals surface area (Å²) in [6.07, 6.45) is 4.10. The predicted molar refractivity (Wildman–Crippen MR) is 109 cm³/mol. The monoisotopic (exact) mass is 403 g/mol. The molecule has 0 spiro atoms. The maximum atomic E-state index is 12.8. The van der Waals surface area contributed by atoms with Crippen LogP contribution in [0.15, 0.2) is 0 Å². The van der Waals surface area contributed by atoms with Crippen LogP contribution >= 0.6 is 0 Å². The van der Waals surface area contributed by atoms with Crippen LogP contribution in [0, 0.1) is 5.92 Å². The van der Waals surface area contributed by atoms with Crippen molar-refractivity contribution in [3.63, 3.8) is 0 Å². The SMILES string of the molecule is CC(C)C(=O)N1CCCNC(=O)c2nn(C)c3c2CC(CC3)N(C)C(=O)CCC1. The Bertz CT molecular complexity index is 786. The van der Waals surface area contributed by atoms with Crippen molar-refractivity contribution in [3.8, 4) is 0 Å². The molecular weight excluding hydrogens is 370 g/mol. The third-order valence-corrected chi connectivity index (χ3v) is 6.10. The zero-order chi connectivity index (χ0) is 21.1. The number of nitrogens with zero attached hydrogens (tertiary/aromatic N) is 4. The van der Waals surface area contributed by atoms with Gasteiger partial charge in [-0.2, -0.15) is 5.10 Å². The quantitative estimate of drug-likeness (QED) is 0.762. The summed E-state index contributed by atoms with van der Waals surface area (Å²) in [5.41, 5.74) is 2.52. The lowest BCUT2D eigenvalue weighted by Gasteiger charge is -2.32. The number of hydrogen-bond acceptors (Lipinski definition) is 4. The average molecular weight is 404 g/mol. The number of aryl methyl sites for hydroxylation is 1. The lowest BCUT2D eigenvalue weighted by molar-refractivity contribution is -0.136. The van der Waals surface area contributed by atoms with E-state index in [4.69, 9.17) is 0 Å². The van der Waals surface area contributed by atoms with Gasteiger partial charge in [0.1, 0.15) is 0 Å². The van der Waals surface area contributed by atoms with Crippen molar-refractivity contribution in [1.82, 2.24) is 24.9 Å². The normalized spacial score (nSPS) is 21.6. The first-order chi connectivity index (χ1) is 13.8. The van der Waals surface area contributed by atoms with E-state index in [-0.39, 0.29) is 29.7 Å². The molecule has 2 aliphatic rings. The highest BCUT2D eigenvalue weighted by molar-refractivity contribution is 5.94. The van der Waals surface area contributed by atoms with Crippen molar-refractivity contribution in [2.24, 2.45) is 13.0 Å². The molecule has 1 N–H and O–H groups in total. The van der Waals surface area contributed by atoms with Crippen LogP contribution in [0.3, 0.4) is 0 Å². The van der Waals surface area contributed by atoms with Gasteiger partial charge in [-0.05, 0) is 32.1 Å². The lowest BCUT2D eigenvalue weighted by atomic mass is 9.90. The highest BCUT2D eigenvalue weighted by Crippen LogP contribution is 2.27. The minimum Gasteiger partial charge on any atom is -0.351 e. The van der Waals surface area contributed by atoms with E-state index in [0.29, 0.717) is 51.0 Å². The van der Waals surface area contributed by atoms with Gasteiger partial charge >= 0.3 is 0 Å². The van der Waals surface area contributed by atoms with Crippen LogP contribution in [0.1, 0.15) is 61.3 Å². The van der Waals surface area contributed by atoms with Crippen LogP contribution < -0.4 is 5.32 Å². The largest absolute Gasteiger partial charge is 0.351 e. The zero-order valence-corrected chi connectivity index (χ0v) is 18.0. The maximum absolute atomic E-state index is 12.8. The maximum Gasteiger partial charge on any atom is 0.272 e. The van der Waals surface area contributed by atoms with Gasteiger partial charge in [0, 0.05) is 63.4 Å². The van der Waals surface area contributed by atoms with Gasteiger partial charge in [-0.1, -0.05) is 13.8 Å². The fourth-order valence-corrected chi connectivity index (χ4v) is 4.34. The lowest BCUT2D eigenvalue weighted by Crippen LogP contribution is -2.41. The first kappa shape index (κ1) is 21.3. The minimum atomic E-state index is -0.173. The van der Waals surface area contributed by atoms with Gasteiger partial charge in [0.2, 0.25) is 11.8 Å². The van der Waals surface area contributed by atoms with E-state index in [1.165, 1.54) is 0 Å². The molecule has 0 saturated heterocycles. The summed E-state index contributed by atoms with van der Waals surface area (Å²) in [7, 11) is 3.72. The van der Waals surface area contributed by atoms with E-state index in [1.54, 1.807) is 4.68 Å². The van der Waals surface area contributed by atoms with E-state index in [0.717, 1.165) is 24.1 Å². The molecule has 0 saturated carbocycles.